The van der Waals surface area contributed by atoms with Crippen LogP contribution in [-0.4, -0.2) is 41.9 Å². The molecule has 1 aliphatic carbocycles. The molecule has 2 aromatic rings. The Morgan fingerprint density at radius 3 is 2.78 bits per heavy atom. The summed E-state index contributed by atoms with van der Waals surface area (Å²) in [4.78, 5) is 25.9. The van der Waals surface area contributed by atoms with Crippen molar-refractivity contribution < 1.29 is 9.72 Å². The van der Waals surface area contributed by atoms with Crippen LogP contribution in [0.15, 0.2) is 54.6 Å². The number of anilines is 1. The van der Waals surface area contributed by atoms with Crippen molar-refractivity contribution in [3.63, 3.8) is 0 Å². The Balaban J connectivity index is 1.54. The van der Waals surface area contributed by atoms with Crippen LogP contribution in [-0.2, 0) is 0 Å². The van der Waals surface area contributed by atoms with Crippen LogP contribution in [0.2, 0.25) is 0 Å². The van der Waals surface area contributed by atoms with E-state index in [2.05, 4.69) is 41.5 Å². The second kappa shape index (κ2) is 9.53. The molecule has 0 saturated carbocycles. The van der Waals surface area contributed by atoms with Gasteiger partial charge in [0.05, 0.1) is 11.0 Å². The second-order valence-electron chi connectivity index (χ2n) is 8.41. The van der Waals surface area contributed by atoms with Crippen molar-refractivity contribution >= 4 is 17.3 Å². The average Bonchev–Trinajstić information content (AvgIpc) is 3.31. The SMILES string of the molecule is CCN(CC)CCNC(=O)c1ccc2c(c1)C1C=CCC1C(c1cccc([N+](=O)[O-])c1)N2. The molecule has 1 amide bonds. The van der Waals surface area contributed by atoms with Crippen molar-refractivity contribution in [2.45, 2.75) is 32.2 Å². The van der Waals surface area contributed by atoms with Crippen molar-refractivity contribution in [1.29, 1.82) is 0 Å². The maximum atomic E-state index is 12.7. The number of nitrogens with one attached hydrogen (secondary N) is 2. The minimum Gasteiger partial charge on any atom is -0.378 e. The van der Waals surface area contributed by atoms with Gasteiger partial charge in [-0.3, -0.25) is 14.9 Å². The third-order valence-corrected chi connectivity index (χ3v) is 6.67. The van der Waals surface area contributed by atoms with Gasteiger partial charge in [0.25, 0.3) is 11.6 Å². The summed E-state index contributed by atoms with van der Waals surface area (Å²) >= 11 is 0. The lowest BCUT2D eigenvalue weighted by molar-refractivity contribution is -0.384. The molecule has 32 heavy (non-hydrogen) atoms. The first kappa shape index (κ1) is 22.0. The topological polar surface area (TPSA) is 87.5 Å². The summed E-state index contributed by atoms with van der Waals surface area (Å²) in [6.45, 7) is 7.64. The first-order valence-corrected chi connectivity index (χ1v) is 11.3. The molecule has 3 atom stereocenters. The molecule has 4 rings (SSSR count). The van der Waals surface area contributed by atoms with E-state index in [9.17, 15) is 14.9 Å². The number of non-ortho nitro benzene ring substituents is 1. The van der Waals surface area contributed by atoms with E-state index in [0.717, 1.165) is 42.9 Å². The average molecular weight is 435 g/mol. The van der Waals surface area contributed by atoms with Crippen LogP contribution in [0, 0.1) is 16.0 Å². The van der Waals surface area contributed by atoms with Gasteiger partial charge in [0.1, 0.15) is 0 Å². The first-order chi connectivity index (χ1) is 15.5. The van der Waals surface area contributed by atoms with Gasteiger partial charge in [-0.1, -0.05) is 38.1 Å². The van der Waals surface area contributed by atoms with Gasteiger partial charge in [-0.2, -0.15) is 0 Å². The number of hydrogen-bond acceptors (Lipinski definition) is 5. The summed E-state index contributed by atoms with van der Waals surface area (Å²) in [5.74, 6) is 0.378. The number of fused-ring (bicyclic) bond motifs is 3. The number of likely N-dealkylation sites (N-methyl/N-ethyl adjacent to an activating group) is 1. The highest BCUT2D eigenvalue weighted by atomic mass is 16.6. The fourth-order valence-electron chi connectivity index (χ4n) is 4.87. The van der Waals surface area contributed by atoms with Crippen LogP contribution >= 0.6 is 0 Å². The molecule has 3 unspecified atom stereocenters. The van der Waals surface area contributed by atoms with Crippen LogP contribution < -0.4 is 10.6 Å². The summed E-state index contributed by atoms with van der Waals surface area (Å²) in [7, 11) is 0. The molecule has 0 saturated heterocycles. The third-order valence-electron chi connectivity index (χ3n) is 6.67. The monoisotopic (exact) mass is 434 g/mol. The van der Waals surface area contributed by atoms with Crippen LogP contribution in [0.1, 0.15) is 53.7 Å². The lowest BCUT2D eigenvalue weighted by atomic mass is 9.76. The molecule has 0 aromatic heterocycles. The lowest BCUT2D eigenvalue weighted by Gasteiger charge is -2.37. The molecule has 0 bridgehead atoms. The normalized spacial score (nSPS) is 21.0. The number of carbonyl (C=O) groups is 1. The zero-order valence-corrected chi connectivity index (χ0v) is 18.6. The molecular formula is C25H30N4O3. The lowest BCUT2D eigenvalue weighted by Crippen LogP contribution is -2.35. The Kier molecular flexibility index (Phi) is 6.55. The predicted octanol–water partition coefficient (Wildman–Crippen LogP) is 4.49. The molecule has 7 heteroatoms. The molecule has 0 fully saturated rings. The minimum absolute atomic E-state index is 0.0175. The molecule has 2 aromatic carbocycles. The molecule has 1 heterocycles. The van der Waals surface area contributed by atoms with Crippen LogP contribution in [0.25, 0.3) is 0 Å². The highest BCUT2D eigenvalue weighted by Crippen LogP contribution is 2.50. The zero-order chi connectivity index (χ0) is 22.7. The van der Waals surface area contributed by atoms with Crippen molar-refractivity contribution in [1.82, 2.24) is 10.2 Å². The highest BCUT2D eigenvalue weighted by Gasteiger charge is 2.38. The number of carbonyl (C=O) groups excluding carboxylic acids is 1. The molecule has 2 aliphatic rings. The quantitative estimate of drug-likeness (QED) is 0.363. The first-order valence-electron chi connectivity index (χ1n) is 11.3. The smallest absolute Gasteiger partial charge is 0.269 e. The fraction of sp³-hybridized carbons (Fsp3) is 0.400. The second-order valence-corrected chi connectivity index (χ2v) is 8.41. The van der Waals surface area contributed by atoms with Gasteiger partial charge < -0.3 is 15.5 Å². The summed E-state index contributed by atoms with van der Waals surface area (Å²) in [6, 6.07) is 12.7. The van der Waals surface area contributed by atoms with E-state index in [0.29, 0.717) is 12.1 Å². The largest absolute Gasteiger partial charge is 0.378 e. The number of rotatable bonds is 8. The Morgan fingerprint density at radius 2 is 2.03 bits per heavy atom. The van der Waals surface area contributed by atoms with Gasteiger partial charge in [0.2, 0.25) is 0 Å². The summed E-state index contributed by atoms with van der Waals surface area (Å²) < 4.78 is 0. The molecule has 0 spiro atoms. The maximum Gasteiger partial charge on any atom is 0.269 e. The van der Waals surface area contributed by atoms with Gasteiger partial charge in [0, 0.05) is 42.4 Å². The van der Waals surface area contributed by atoms with E-state index < -0.39 is 0 Å². The van der Waals surface area contributed by atoms with Crippen molar-refractivity contribution in [3.8, 4) is 0 Å². The minimum atomic E-state index is -0.351. The number of allylic oxidation sites excluding steroid dienone is 2. The van der Waals surface area contributed by atoms with Gasteiger partial charge in [-0.15, -0.1) is 0 Å². The van der Waals surface area contributed by atoms with E-state index in [4.69, 9.17) is 0 Å². The van der Waals surface area contributed by atoms with Gasteiger partial charge in [-0.05, 0) is 54.8 Å². The molecular weight excluding hydrogens is 404 g/mol. The Hall–Kier alpha value is -3.19. The highest BCUT2D eigenvalue weighted by molar-refractivity contribution is 5.95. The van der Waals surface area contributed by atoms with E-state index in [1.807, 2.05) is 24.3 Å². The van der Waals surface area contributed by atoms with Gasteiger partial charge in [-0.25, -0.2) is 0 Å². The number of benzene rings is 2. The number of nitrogens with zero attached hydrogens (tertiary/aromatic N) is 2. The van der Waals surface area contributed by atoms with Gasteiger partial charge in [0.15, 0.2) is 0 Å². The summed E-state index contributed by atoms with van der Waals surface area (Å²) in [5.41, 5.74) is 3.78. The Labute approximate surface area is 188 Å². The fourth-order valence-corrected chi connectivity index (χ4v) is 4.87. The van der Waals surface area contributed by atoms with E-state index in [-0.39, 0.29) is 34.4 Å². The number of nitro benzene ring substituents is 1. The number of nitro groups is 1. The summed E-state index contributed by atoms with van der Waals surface area (Å²) in [6.07, 6.45) is 5.27. The molecule has 7 nitrogen and oxygen atoms in total. The van der Waals surface area contributed by atoms with Crippen molar-refractivity contribution in [2.75, 3.05) is 31.5 Å². The van der Waals surface area contributed by atoms with E-state index in [1.165, 1.54) is 6.07 Å². The van der Waals surface area contributed by atoms with Crippen LogP contribution in [0.3, 0.4) is 0 Å². The standard InChI is InChI=1S/C25H30N4O3/c1-3-28(4-2)14-13-26-25(30)18-11-12-23-22(16-18)20-9-6-10-21(20)24(27-23)17-7-5-8-19(15-17)29(31)32/h5-9,11-12,15-16,20-21,24,27H,3-4,10,13-14H2,1-2H3,(H,26,30). The molecule has 0 radical (unpaired) electrons. The zero-order valence-electron chi connectivity index (χ0n) is 18.6. The number of amides is 1. The number of hydrogen-bond donors (Lipinski definition) is 2. The van der Waals surface area contributed by atoms with E-state index >= 15 is 0 Å². The Bertz CT molecular complexity index is 1030. The predicted molar refractivity (Wildman–Crippen MR) is 126 cm³/mol. The van der Waals surface area contributed by atoms with Gasteiger partial charge >= 0.3 is 0 Å². The molecule has 1 aliphatic heterocycles. The Morgan fingerprint density at radius 1 is 1.22 bits per heavy atom. The molecule has 2 N–H and O–H groups in total. The van der Waals surface area contributed by atoms with E-state index in [1.54, 1.807) is 12.1 Å². The summed E-state index contributed by atoms with van der Waals surface area (Å²) in [5, 5.41) is 17.9. The molecule has 168 valence electrons. The third kappa shape index (κ3) is 4.39. The van der Waals surface area contributed by atoms with Crippen molar-refractivity contribution in [2.24, 2.45) is 5.92 Å². The van der Waals surface area contributed by atoms with Crippen molar-refractivity contribution in [3.05, 3.63) is 81.4 Å². The van der Waals surface area contributed by atoms with Crippen LogP contribution in [0.5, 0.6) is 0 Å². The van der Waals surface area contributed by atoms with Crippen LogP contribution in [0.4, 0.5) is 11.4 Å². The maximum absolute atomic E-state index is 12.7.